The van der Waals surface area contributed by atoms with Crippen molar-refractivity contribution >= 4 is 43.2 Å². The van der Waals surface area contributed by atoms with Crippen LogP contribution in [0.25, 0.3) is 0 Å². The predicted octanol–water partition coefficient (Wildman–Crippen LogP) is 3.08. The highest BCUT2D eigenvalue weighted by Crippen LogP contribution is 2.32. The maximum atomic E-state index is 5.36. The van der Waals surface area contributed by atoms with Crippen molar-refractivity contribution in [2.24, 2.45) is 0 Å². The van der Waals surface area contributed by atoms with E-state index in [1.165, 1.54) is 8.66 Å². The van der Waals surface area contributed by atoms with Crippen molar-refractivity contribution in [2.75, 3.05) is 32.8 Å². The van der Waals surface area contributed by atoms with Crippen molar-refractivity contribution < 1.29 is 4.74 Å². The molecule has 6 heteroatoms. The van der Waals surface area contributed by atoms with Crippen molar-refractivity contribution in [1.29, 1.82) is 0 Å². The largest absolute Gasteiger partial charge is 0.379 e. The highest BCUT2D eigenvalue weighted by Gasteiger charge is 2.13. The molecule has 3 nitrogen and oxygen atoms in total. The Morgan fingerprint density at radius 1 is 1.44 bits per heavy atom. The Bertz CT molecular complexity index is 361. The molecule has 1 aliphatic rings. The van der Waals surface area contributed by atoms with Crippen molar-refractivity contribution in [3.05, 3.63) is 19.2 Å². The van der Waals surface area contributed by atoms with Gasteiger partial charge in [0.05, 0.1) is 17.0 Å². The summed E-state index contributed by atoms with van der Waals surface area (Å²) < 4.78 is 7.67. The average Bonchev–Trinajstić information content (AvgIpc) is 2.68. The zero-order chi connectivity index (χ0) is 13.0. The number of nitrogens with one attached hydrogen (secondary N) is 1. The van der Waals surface area contributed by atoms with Gasteiger partial charge in [0.2, 0.25) is 0 Å². The number of hydrogen-bond donors (Lipinski definition) is 1. The van der Waals surface area contributed by atoms with E-state index in [1.807, 2.05) is 0 Å². The van der Waals surface area contributed by atoms with Crippen LogP contribution in [-0.4, -0.2) is 43.8 Å². The lowest BCUT2D eigenvalue weighted by molar-refractivity contribution is 0.0343. The lowest BCUT2D eigenvalue weighted by atomic mass is 10.3. The van der Waals surface area contributed by atoms with Crippen molar-refractivity contribution in [2.45, 2.75) is 19.5 Å². The summed E-state index contributed by atoms with van der Waals surface area (Å²) in [6, 6.07) is 2.67. The molecule has 1 atom stereocenters. The Balaban J connectivity index is 1.72. The van der Waals surface area contributed by atoms with E-state index in [4.69, 9.17) is 4.74 Å². The molecule has 0 aliphatic carbocycles. The van der Waals surface area contributed by atoms with E-state index >= 15 is 0 Å². The number of halogens is 2. The van der Waals surface area contributed by atoms with Crippen LogP contribution in [0.15, 0.2) is 14.3 Å². The standard InChI is InChI=1S/C12H18Br2N2OS/c1-9(8-16-2-4-17-5-3-16)15-7-10-6-11(13)12(14)18-10/h6,9,15H,2-5,7-8H2,1H3. The van der Waals surface area contributed by atoms with E-state index < -0.39 is 0 Å². The summed E-state index contributed by atoms with van der Waals surface area (Å²) in [5.41, 5.74) is 0. The van der Waals surface area contributed by atoms with Crippen molar-refractivity contribution in [1.82, 2.24) is 10.2 Å². The number of thiophene rings is 1. The second kappa shape index (κ2) is 7.36. The number of nitrogens with zero attached hydrogens (tertiary/aromatic N) is 1. The maximum Gasteiger partial charge on any atom is 0.0843 e. The van der Waals surface area contributed by atoms with Crippen LogP contribution in [0.2, 0.25) is 0 Å². The molecule has 1 aliphatic heterocycles. The molecule has 0 radical (unpaired) electrons. The smallest absolute Gasteiger partial charge is 0.0843 e. The second-order valence-corrected chi connectivity index (χ2v) is 7.84. The minimum atomic E-state index is 0.503. The molecule has 2 rings (SSSR count). The van der Waals surface area contributed by atoms with E-state index in [9.17, 15) is 0 Å². The minimum absolute atomic E-state index is 0.503. The van der Waals surface area contributed by atoms with E-state index in [2.05, 4.69) is 55.1 Å². The third-order valence-electron chi connectivity index (χ3n) is 2.96. The normalized spacial score (nSPS) is 19.1. The van der Waals surface area contributed by atoms with Crippen LogP contribution in [0.5, 0.6) is 0 Å². The monoisotopic (exact) mass is 396 g/mol. The highest BCUT2D eigenvalue weighted by atomic mass is 79.9. The Morgan fingerprint density at radius 3 is 2.78 bits per heavy atom. The van der Waals surface area contributed by atoms with Crippen LogP contribution >= 0.6 is 43.2 Å². The molecule has 1 aromatic heterocycles. The molecular formula is C12H18Br2N2OS. The Labute approximate surface area is 129 Å². The molecular weight excluding hydrogens is 380 g/mol. The highest BCUT2D eigenvalue weighted by molar-refractivity contribution is 9.13. The van der Waals surface area contributed by atoms with E-state index in [1.54, 1.807) is 11.3 Å². The summed E-state index contributed by atoms with van der Waals surface area (Å²) in [6.45, 7) is 8.13. The van der Waals surface area contributed by atoms with Gasteiger partial charge >= 0.3 is 0 Å². The lowest BCUT2D eigenvalue weighted by Gasteiger charge is -2.29. The zero-order valence-corrected chi connectivity index (χ0v) is 14.4. The first-order valence-electron chi connectivity index (χ1n) is 6.12. The van der Waals surface area contributed by atoms with Crippen LogP contribution in [-0.2, 0) is 11.3 Å². The molecule has 1 aromatic rings. The van der Waals surface area contributed by atoms with Crippen molar-refractivity contribution in [3.8, 4) is 0 Å². The molecule has 102 valence electrons. The van der Waals surface area contributed by atoms with Crippen LogP contribution in [0.1, 0.15) is 11.8 Å². The first-order chi connectivity index (χ1) is 8.65. The molecule has 0 aromatic carbocycles. The summed E-state index contributed by atoms with van der Waals surface area (Å²) in [7, 11) is 0. The number of hydrogen-bond acceptors (Lipinski definition) is 4. The summed E-state index contributed by atoms with van der Waals surface area (Å²) in [4.78, 5) is 3.81. The molecule has 1 fully saturated rings. The topological polar surface area (TPSA) is 24.5 Å². The number of rotatable bonds is 5. The lowest BCUT2D eigenvalue weighted by Crippen LogP contribution is -2.44. The summed E-state index contributed by atoms with van der Waals surface area (Å²) in [5, 5.41) is 3.57. The molecule has 1 saturated heterocycles. The van der Waals surface area contributed by atoms with Gasteiger partial charge in [0.1, 0.15) is 0 Å². The van der Waals surface area contributed by atoms with Crippen LogP contribution in [0.3, 0.4) is 0 Å². The van der Waals surface area contributed by atoms with Gasteiger partial charge < -0.3 is 10.1 Å². The quantitative estimate of drug-likeness (QED) is 0.826. The molecule has 0 saturated carbocycles. The zero-order valence-electron chi connectivity index (χ0n) is 10.4. The van der Waals surface area contributed by atoms with Crippen LogP contribution in [0.4, 0.5) is 0 Å². The summed E-state index contributed by atoms with van der Waals surface area (Å²) in [6.07, 6.45) is 0. The average molecular weight is 398 g/mol. The van der Waals surface area contributed by atoms with Crippen LogP contribution in [0, 0.1) is 0 Å². The number of morpholine rings is 1. The molecule has 0 bridgehead atoms. The summed E-state index contributed by atoms with van der Waals surface area (Å²) >= 11 is 8.82. The number of ether oxygens (including phenoxy) is 1. The van der Waals surface area contributed by atoms with E-state index in [0.29, 0.717) is 6.04 Å². The molecule has 0 amide bonds. The fourth-order valence-electron chi connectivity index (χ4n) is 1.99. The van der Waals surface area contributed by atoms with Gasteiger partial charge in [-0.2, -0.15) is 0 Å². The summed E-state index contributed by atoms with van der Waals surface area (Å²) in [5.74, 6) is 0. The Kier molecular flexibility index (Phi) is 6.11. The first kappa shape index (κ1) is 14.9. The fraction of sp³-hybridized carbons (Fsp3) is 0.667. The van der Waals surface area contributed by atoms with Gasteiger partial charge in [0, 0.05) is 41.6 Å². The Morgan fingerprint density at radius 2 is 2.17 bits per heavy atom. The predicted molar refractivity (Wildman–Crippen MR) is 83.3 cm³/mol. The SMILES string of the molecule is CC(CN1CCOCC1)NCc1cc(Br)c(Br)s1. The van der Waals surface area contributed by atoms with E-state index in [0.717, 1.165) is 43.9 Å². The minimum Gasteiger partial charge on any atom is -0.379 e. The van der Waals surface area contributed by atoms with Gasteiger partial charge in [0.25, 0.3) is 0 Å². The van der Waals surface area contributed by atoms with Gasteiger partial charge in [0.15, 0.2) is 0 Å². The van der Waals surface area contributed by atoms with Gasteiger partial charge in [-0.15, -0.1) is 11.3 Å². The third kappa shape index (κ3) is 4.58. The molecule has 1 N–H and O–H groups in total. The molecule has 2 heterocycles. The van der Waals surface area contributed by atoms with Gasteiger partial charge in [-0.1, -0.05) is 0 Å². The molecule has 1 unspecified atom stereocenters. The van der Waals surface area contributed by atoms with Gasteiger partial charge in [-0.3, -0.25) is 4.90 Å². The first-order valence-corrected chi connectivity index (χ1v) is 8.52. The Hall–Kier alpha value is 0.540. The third-order valence-corrected chi connectivity index (χ3v) is 6.21. The maximum absolute atomic E-state index is 5.36. The fourth-order valence-corrected chi connectivity index (χ4v) is 4.12. The van der Waals surface area contributed by atoms with Crippen LogP contribution < -0.4 is 5.32 Å². The van der Waals surface area contributed by atoms with E-state index in [-0.39, 0.29) is 0 Å². The van der Waals surface area contributed by atoms with Gasteiger partial charge in [-0.25, -0.2) is 0 Å². The van der Waals surface area contributed by atoms with Crippen molar-refractivity contribution in [3.63, 3.8) is 0 Å². The molecule has 18 heavy (non-hydrogen) atoms. The second-order valence-electron chi connectivity index (χ2n) is 4.53. The molecule has 0 spiro atoms. The van der Waals surface area contributed by atoms with Gasteiger partial charge in [-0.05, 0) is 44.8 Å².